The van der Waals surface area contributed by atoms with Gasteiger partial charge in [0.15, 0.2) is 0 Å². The van der Waals surface area contributed by atoms with Gasteiger partial charge in [-0.3, -0.25) is 4.21 Å². The lowest BCUT2D eigenvalue weighted by Crippen LogP contribution is -2.45. The van der Waals surface area contributed by atoms with Gasteiger partial charge in [0.2, 0.25) is 0 Å². The highest BCUT2D eigenvalue weighted by atomic mass is 32.2. The number of hydrogen-bond donors (Lipinski definition) is 1. The molecular weight excluding hydrogens is 276 g/mol. The first kappa shape index (κ1) is 14.8. The normalized spacial score (nSPS) is 17.6. The summed E-state index contributed by atoms with van der Waals surface area (Å²) in [7, 11) is 0.640. The van der Waals surface area contributed by atoms with Gasteiger partial charge < -0.3 is 15.0 Å². The summed E-state index contributed by atoms with van der Waals surface area (Å²) in [6, 6.07) is 7.35. The van der Waals surface area contributed by atoms with E-state index >= 15 is 0 Å². The molecule has 6 heteroatoms. The lowest BCUT2D eigenvalue weighted by Gasteiger charge is -2.31. The number of likely N-dealkylation sites (tertiary alicyclic amines) is 1. The molecule has 5 nitrogen and oxygen atoms in total. The van der Waals surface area contributed by atoms with Crippen LogP contribution in [0.1, 0.15) is 12.8 Å². The van der Waals surface area contributed by atoms with Crippen LogP contribution in [0.2, 0.25) is 0 Å². The molecule has 1 N–H and O–H groups in total. The molecule has 0 aliphatic carbocycles. The van der Waals surface area contributed by atoms with Crippen molar-refractivity contribution in [1.29, 1.82) is 0 Å². The highest BCUT2D eigenvalue weighted by molar-refractivity contribution is 7.84. The molecule has 1 aromatic carbocycles. The third kappa shape index (κ3) is 3.72. The van der Waals surface area contributed by atoms with Crippen LogP contribution in [-0.2, 0) is 10.8 Å². The van der Waals surface area contributed by atoms with Crippen molar-refractivity contribution in [3.8, 4) is 5.75 Å². The van der Waals surface area contributed by atoms with Gasteiger partial charge in [-0.2, -0.15) is 0 Å². The maximum Gasteiger partial charge on any atom is 0.317 e. The third-order valence-electron chi connectivity index (χ3n) is 3.38. The van der Waals surface area contributed by atoms with E-state index in [1.807, 2.05) is 24.3 Å². The average Bonchev–Trinajstić information content (AvgIpc) is 2.47. The number of hydrogen-bond acceptors (Lipinski definition) is 3. The number of piperidine rings is 1. The van der Waals surface area contributed by atoms with E-state index < -0.39 is 10.8 Å². The van der Waals surface area contributed by atoms with Crippen molar-refractivity contribution in [2.24, 2.45) is 0 Å². The fraction of sp³-hybridized carbons (Fsp3) is 0.500. The predicted octanol–water partition coefficient (Wildman–Crippen LogP) is 1.61. The van der Waals surface area contributed by atoms with Crippen LogP contribution in [0, 0.1) is 0 Å². The van der Waals surface area contributed by atoms with Crippen LogP contribution >= 0.6 is 0 Å². The summed E-state index contributed by atoms with van der Waals surface area (Å²) < 4.78 is 17.4. The molecule has 1 aromatic rings. The Morgan fingerprint density at radius 3 is 2.70 bits per heavy atom. The van der Waals surface area contributed by atoms with E-state index in [1.165, 1.54) is 0 Å². The molecule has 1 saturated heterocycles. The fourth-order valence-electron chi connectivity index (χ4n) is 2.25. The van der Waals surface area contributed by atoms with Crippen molar-refractivity contribution >= 4 is 16.8 Å². The number of urea groups is 1. The van der Waals surface area contributed by atoms with Crippen molar-refractivity contribution in [1.82, 2.24) is 10.2 Å². The molecule has 0 saturated carbocycles. The van der Waals surface area contributed by atoms with Gasteiger partial charge in [-0.05, 0) is 18.2 Å². The van der Waals surface area contributed by atoms with Crippen molar-refractivity contribution in [2.75, 3.05) is 26.4 Å². The first-order valence-electron chi connectivity index (χ1n) is 6.67. The van der Waals surface area contributed by atoms with Crippen LogP contribution in [0.15, 0.2) is 29.2 Å². The van der Waals surface area contributed by atoms with Crippen LogP contribution in [0.25, 0.3) is 0 Å². The minimum atomic E-state index is -1.00. The van der Waals surface area contributed by atoms with Crippen LogP contribution in [0.4, 0.5) is 4.79 Å². The summed E-state index contributed by atoms with van der Waals surface area (Å²) in [5, 5.41) is 2.63. The summed E-state index contributed by atoms with van der Waals surface area (Å²) in [5.74, 6) is 0.746. The van der Waals surface area contributed by atoms with E-state index in [2.05, 4.69) is 5.32 Å². The molecule has 1 heterocycles. The van der Waals surface area contributed by atoms with E-state index in [0.29, 0.717) is 13.1 Å². The summed E-state index contributed by atoms with van der Waals surface area (Å²) in [5.41, 5.74) is 0. The summed E-state index contributed by atoms with van der Waals surface area (Å²) in [6.45, 7) is 1.40. The maximum absolute atomic E-state index is 11.5. The monoisotopic (exact) mass is 296 g/mol. The van der Waals surface area contributed by atoms with Gasteiger partial charge in [-0.15, -0.1) is 0 Å². The quantitative estimate of drug-likeness (QED) is 0.922. The summed E-state index contributed by atoms with van der Waals surface area (Å²) in [6.07, 6.45) is 3.39. The number of benzene rings is 1. The van der Waals surface area contributed by atoms with E-state index in [1.54, 1.807) is 18.2 Å². The van der Waals surface area contributed by atoms with Crippen molar-refractivity contribution < 1.29 is 13.7 Å². The Labute approximate surface area is 121 Å². The Kier molecular flexibility index (Phi) is 5.00. The molecule has 1 atom stereocenters. The standard InChI is InChI=1S/C14H20N2O3S/c1-15-14(17)16-8-6-11(7-9-16)19-12-4-3-5-13(10-12)20(2)18/h3-5,10-11H,6-9H2,1-2H3,(H,15,17). The lowest BCUT2D eigenvalue weighted by atomic mass is 10.1. The highest BCUT2D eigenvalue weighted by Crippen LogP contribution is 2.21. The van der Waals surface area contributed by atoms with Crippen molar-refractivity contribution in [3.63, 3.8) is 0 Å². The number of rotatable bonds is 3. The second-order valence-electron chi connectivity index (χ2n) is 4.79. The summed E-state index contributed by atoms with van der Waals surface area (Å²) in [4.78, 5) is 14.0. The smallest absolute Gasteiger partial charge is 0.317 e. The second kappa shape index (κ2) is 6.74. The number of carbonyl (C=O) groups excluding carboxylic acids is 1. The number of carbonyl (C=O) groups is 1. The molecule has 0 radical (unpaired) electrons. The highest BCUT2D eigenvalue weighted by Gasteiger charge is 2.23. The Balaban J connectivity index is 1.91. The number of ether oxygens (including phenoxy) is 1. The molecule has 0 aromatic heterocycles. The zero-order chi connectivity index (χ0) is 14.5. The molecule has 0 spiro atoms. The predicted molar refractivity (Wildman–Crippen MR) is 78.5 cm³/mol. The molecule has 2 amide bonds. The number of amides is 2. The summed E-state index contributed by atoms with van der Waals surface area (Å²) >= 11 is 0. The number of nitrogens with one attached hydrogen (secondary N) is 1. The lowest BCUT2D eigenvalue weighted by molar-refractivity contribution is 0.111. The molecule has 110 valence electrons. The zero-order valence-corrected chi connectivity index (χ0v) is 12.6. The van der Waals surface area contributed by atoms with Crippen LogP contribution < -0.4 is 10.1 Å². The van der Waals surface area contributed by atoms with Gasteiger partial charge in [0.25, 0.3) is 0 Å². The van der Waals surface area contributed by atoms with Gasteiger partial charge in [-0.1, -0.05) is 6.07 Å². The molecule has 1 fully saturated rings. The van der Waals surface area contributed by atoms with Gasteiger partial charge in [0.1, 0.15) is 11.9 Å². The molecule has 20 heavy (non-hydrogen) atoms. The van der Waals surface area contributed by atoms with Gasteiger partial charge in [-0.25, -0.2) is 4.79 Å². The molecule has 2 rings (SSSR count). The van der Waals surface area contributed by atoms with Gasteiger partial charge >= 0.3 is 6.03 Å². The van der Waals surface area contributed by atoms with Crippen LogP contribution in [0.5, 0.6) is 5.75 Å². The minimum Gasteiger partial charge on any atom is -0.490 e. The largest absolute Gasteiger partial charge is 0.490 e. The van der Waals surface area contributed by atoms with E-state index in [-0.39, 0.29) is 12.1 Å². The third-order valence-corrected chi connectivity index (χ3v) is 4.30. The molecule has 0 bridgehead atoms. The van der Waals surface area contributed by atoms with Gasteiger partial charge in [0, 0.05) is 54.9 Å². The molecular formula is C14H20N2O3S. The van der Waals surface area contributed by atoms with Gasteiger partial charge in [0.05, 0.1) is 0 Å². The maximum atomic E-state index is 11.5. The number of nitrogens with zero attached hydrogens (tertiary/aromatic N) is 1. The van der Waals surface area contributed by atoms with E-state index in [9.17, 15) is 9.00 Å². The Morgan fingerprint density at radius 1 is 1.40 bits per heavy atom. The topological polar surface area (TPSA) is 58.6 Å². The van der Waals surface area contributed by atoms with Crippen LogP contribution in [-0.4, -0.2) is 47.6 Å². The SMILES string of the molecule is CNC(=O)N1CCC(Oc2cccc(S(C)=O)c2)CC1. The first-order chi connectivity index (χ1) is 9.60. The van der Waals surface area contributed by atoms with E-state index in [4.69, 9.17) is 4.74 Å². The molecule has 1 aliphatic heterocycles. The first-order valence-corrected chi connectivity index (χ1v) is 8.22. The Bertz CT molecular complexity index is 499. The Hall–Kier alpha value is -1.56. The van der Waals surface area contributed by atoms with Crippen molar-refractivity contribution in [2.45, 2.75) is 23.8 Å². The second-order valence-corrected chi connectivity index (χ2v) is 6.17. The average molecular weight is 296 g/mol. The van der Waals surface area contributed by atoms with E-state index in [0.717, 1.165) is 23.5 Å². The van der Waals surface area contributed by atoms with Crippen molar-refractivity contribution in [3.05, 3.63) is 24.3 Å². The van der Waals surface area contributed by atoms with Crippen LogP contribution in [0.3, 0.4) is 0 Å². The minimum absolute atomic E-state index is 0.0353. The fourth-order valence-corrected chi connectivity index (χ4v) is 2.81. The Morgan fingerprint density at radius 2 is 2.10 bits per heavy atom. The zero-order valence-electron chi connectivity index (χ0n) is 11.8. The molecule has 1 aliphatic rings. The molecule has 1 unspecified atom stereocenters.